The molecule has 11 heavy (non-hydrogen) atoms. The lowest BCUT2D eigenvalue weighted by Crippen LogP contribution is -2.07. The van der Waals surface area contributed by atoms with E-state index in [0.717, 1.165) is 0 Å². The second-order valence-corrected chi connectivity index (χ2v) is 1.66. The predicted octanol–water partition coefficient (Wildman–Crippen LogP) is 1.43. The van der Waals surface area contributed by atoms with Crippen molar-refractivity contribution in [3.8, 4) is 0 Å². The number of aromatic nitrogens is 2. The van der Waals surface area contributed by atoms with Gasteiger partial charge < -0.3 is 0 Å². The standard InChI is InChI=1S/C5HF4N2/c6-4-10-1-3(2-11-4)5(7,8)9/h1H. The number of alkyl halides is 3. The first-order valence-corrected chi connectivity index (χ1v) is 2.47. The van der Waals surface area contributed by atoms with E-state index in [-0.39, 0.29) is 0 Å². The van der Waals surface area contributed by atoms with Gasteiger partial charge in [0, 0.05) is 6.20 Å². The van der Waals surface area contributed by atoms with Crippen LogP contribution < -0.4 is 0 Å². The summed E-state index contributed by atoms with van der Waals surface area (Å²) in [6, 6.07) is 0. The van der Waals surface area contributed by atoms with Gasteiger partial charge in [0.15, 0.2) is 0 Å². The van der Waals surface area contributed by atoms with Crippen LogP contribution in [0.4, 0.5) is 17.6 Å². The fraction of sp³-hybridized carbons (Fsp3) is 0.200. The fourth-order valence-electron chi connectivity index (χ4n) is 0.418. The molecule has 1 heterocycles. The van der Waals surface area contributed by atoms with Crippen LogP contribution >= 0.6 is 0 Å². The molecule has 6 heteroatoms. The highest BCUT2D eigenvalue weighted by Crippen LogP contribution is 2.27. The minimum absolute atomic E-state index is 0.336. The summed E-state index contributed by atoms with van der Waals surface area (Å²) < 4.78 is 46.9. The van der Waals surface area contributed by atoms with Gasteiger partial charge in [-0.3, -0.25) is 0 Å². The van der Waals surface area contributed by atoms with E-state index in [2.05, 4.69) is 9.97 Å². The van der Waals surface area contributed by atoms with Gasteiger partial charge in [0.25, 0.3) is 0 Å². The quantitative estimate of drug-likeness (QED) is 0.429. The van der Waals surface area contributed by atoms with E-state index >= 15 is 0 Å². The summed E-state index contributed by atoms with van der Waals surface area (Å²) in [5, 5.41) is 0. The first-order valence-electron chi connectivity index (χ1n) is 2.47. The normalized spacial score (nSPS) is 11.6. The van der Waals surface area contributed by atoms with Gasteiger partial charge in [-0.1, -0.05) is 0 Å². The molecule has 2 nitrogen and oxygen atoms in total. The van der Waals surface area contributed by atoms with Gasteiger partial charge in [0.1, 0.15) is 11.8 Å². The van der Waals surface area contributed by atoms with E-state index in [1.165, 1.54) is 6.20 Å². The average Bonchev–Trinajstić information content (AvgIpc) is 1.86. The van der Waals surface area contributed by atoms with Crippen LogP contribution in [0, 0.1) is 12.3 Å². The molecule has 0 aromatic carbocycles. The van der Waals surface area contributed by atoms with Gasteiger partial charge in [-0.05, 0) is 0 Å². The monoisotopic (exact) mass is 165 g/mol. The number of hydrogen-bond donors (Lipinski definition) is 0. The lowest BCUT2D eigenvalue weighted by molar-refractivity contribution is -0.138. The topological polar surface area (TPSA) is 25.8 Å². The summed E-state index contributed by atoms with van der Waals surface area (Å²) in [4.78, 5) is 5.34. The molecule has 0 unspecified atom stereocenters. The molecule has 0 spiro atoms. The largest absolute Gasteiger partial charge is 0.420 e. The van der Waals surface area contributed by atoms with Gasteiger partial charge in [-0.15, -0.1) is 0 Å². The van der Waals surface area contributed by atoms with E-state index in [1.807, 2.05) is 0 Å². The Labute approximate surface area is 58.9 Å². The molecule has 0 aliphatic heterocycles. The number of rotatable bonds is 0. The van der Waals surface area contributed by atoms with Crippen LogP contribution in [-0.4, -0.2) is 9.97 Å². The minimum Gasteiger partial charge on any atom is -0.210 e. The number of hydrogen-bond acceptors (Lipinski definition) is 2. The van der Waals surface area contributed by atoms with Gasteiger partial charge in [-0.2, -0.15) is 22.5 Å². The van der Waals surface area contributed by atoms with E-state index in [0.29, 0.717) is 6.20 Å². The van der Waals surface area contributed by atoms with E-state index in [1.54, 1.807) is 0 Å². The van der Waals surface area contributed by atoms with Crippen LogP contribution in [0.2, 0.25) is 0 Å². The molecule has 1 aromatic rings. The lowest BCUT2D eigenvalue weighted by Gasteiger charge is -2.02. The van der Waals surface area contributed by atoms with Crippen molar-refractivity contribution in [3.05, 3.63) is 24.0 Å². The second kappa shape index (κ2) is 2.44. The Hall–Kier alpha value is -1.20. The molecule has 0 fully saturated rings. The van der Waals surface area contributed by atoms with Crippen LogP contribution in [0.25, 0.3) is 0 Å². The van der Waals surface area contributed by atoms with Gasteiger partial charge in [0.2, 0.25) is 0 Å². The fourth-order valence-corrected chi connectivity index (χ4v) is 0.418. The third kappa shape index (κ3) is 1.86. The maximum atomic E-state index is 11.9. The number of nitrogens with zero attached hydrogens (tertiary/aromatic N) is 2. The SMILES string of the molecule is Fc1n[c]c(C(F)(F)F)cn1. The first kappa shape index (κ1) is 7.90. The van der Waals surface area contributed by atoms with Crippen molar-refractivity contribution in [1.82, 2.24) is 9.97 Å². The van der Waals surface area contributed by atoms with E-state index in [9.17, 15) is 17.6 Å². The van der Waals surface area contributed by atoms with E-state index < -0.39 is 17.8 Å². The Bertz CT molecular complexity index is 240. The molecular weight excluding hydrogens is 164 g/mol. The molecule has 1 aromatic heterocycles. The Morgan fingerprint density at radius 1 is 1.36 bits per heavy atom. The van der Waals surface area contributed by atoms with Crippen molar-refractivity contribution in [2.45, 2.75) is 6.18 Å². The number of halogens is 4. The summed E-state index contributed by atoms with van der Waals surface area (Å²) in [5.74, 6) is 0. The van der Waals surface area contributed by atoms with Crippen molar-refractivity contribution in [2.24, 2.45) is 0 Å². The third-order valence-corrected chi connectivity index (χ3v) is 0.874. The smallest absolute Gasteiger partial charge is 0.210 e. The average molecular weight is 165 g/mol. The molecule has 0 bridgehead atoms. The van der Waals surface area contributed by atoms with Crippen LogP contribution in [0.15, 0.2) is 6.20 Å². The molecule has 0 N–H and O–H groups in total. The summed E-state index contributed by atoms with van der Waals surface area (Å²) in [5.41, 5.74) is -1.18. The highest BCUT2D eigenvalue weighted by molar-refractivity contribution is 5.05. The second-order valence-electron chi connectivity index (χ2n) is 1.66. The van der Waals surface area contributed by atoms with Crippen molar-refractivity contribution < 1.29 is 17.6 Å². The zero-order chi connectivity index (χ0) is 8.48. The third-order valence-electron chi connectivity index (χ3n) is 0.874. The van der Waals surface area contributed by atoms with Crippen LogP contribution in [0.3, 0.4) is 0 Å². The molecule has 0 aliphatic rings. The Morgan fingerprint density at radius 2 is 2.00 bits per heavy atom. The maximum absolute atomic E-state index is 11.9. The summed E-state index contributed by atoms with van der Waals surface area (Å²) in [6.45, 7) is 0. The molecular formula is C5HF4N2. The van der Waals surface area contributed by atoms with Crippen LogP contribution in [-0.2, 0) is 6.18 Å². The van der Waals surface area contributed by atoms with Crippen molar-refractivity contribution in [2.75, 3.05) is 0 Å². The predicted molar refractivity (Wildman–Crippen MR) is 25.8 cm³/mol. The summed E-state index contributed by atoms with van der Waals surface area (Å²) in [7, 11) is 0. The van der Waals surface area contributed by atoms with Crippen molar-refractivity contribution in [3.63, 3.8) is 0 Å². The lowest BCUT2D eigenvalue weighted by atomic mass is 10.3. The summed E-state index contributed by atoms with van der Waals surface area (Å²) in [6.07, 6.45) is -3.99. The molecule has 1 rings (SSSR count). The Morgan fingerprint density at radius 3 is 2.36 bits per heavy atom. The van der Waals surface area contributed by atoms with Crippen LogP contribution in [0.5, 0.6) is 0 Å². The molecule has 0 saturated carbocycles. The highest BCUT2D eigenvalue weighted by atomic mass is 19.4. The molecule has 59 valence electrons. The Kier molecular flexibility index (Phi) is 1.76. The first-order chi connectivity index (χ1) is 5.00. The molecule has 0 aliphatic carbocycles. The van der Waals surface area contributed by atoms with Gasteiger partial charge >= 0.3 is 12.3 Å². The van der Waals surface area contributed by atoms with E-state index in [4.69, 9.17) is 0 Å². The van der Waals surface area contributed by atoms with Crippen molar-refractivity contribution >= 4 is 0 Å². The highest BCUT2D eigenvalue weighted by Gasteiger charge is 2.31. The summed E-state index contributed by atoms with van der Waals surface area (Å²) >= 11 is 0. The molecule has 0 saturated heterocycles. The zero-order valence-electron chi connectivity index (χ0n) is 4.98. The Balaban J connectivity index is 2.99. The maximum Gasteiger partial charge on any atom is 0.420 e. The minimum atomic E-state index is -4.56. The molecule has 0 atom stereocenters. The zero-order valence-corrected chi connectivity index (χ0v) is 4.98. The van der Waals surface area contributed by atoms with Gasteiger partial charge in [-0.25, -0.2) is 4.98 Å². The van der Waals surface area contributed by atoms with Gasteiger partial charge in [0.05, 0.1) is 0 Å². The van der Waals surface area contributed by atoms with Crippen molar-refractivity contribution in [1.29, 1.82) is 0 Å². The molecule has 1 radical (unpaired) electrons. The van der Waals surface area contributed by atoms with Crippen LogP contribution in [0.1, 0.15) is 5.56 Å². The molecule has 0 amide bonds.